The number of aromatic amines is 1. The molecule has 1 N–H and O–H groups in total. The van der Waals surface area contributed by atoms with E-state index < -0.39 is 9.84 Å². The quantitative estimate of drug-likeness (QED) is 0.797. The molecule has 8 heteroatoms. The SMILES string of the molecule is Cc1nn(C)c2c1[nH]c(=S)n2C1CCS(=O)(=O)C1. The minimum Gasteiger partial charge on any atom is -0.328 e. The second-order valence-electron chi connectivity index (χ2n) is 4.76. The van der Waals surface area contributed by atoms with Crippen LogP contribution in [0.5, 0.6) is 0 Å². The number of sulfone groups is 1. The van der Waals surface area contributed by atoms with Gasteiger partial charge in [-0.25, -0.2) is 8.42 Å². The van der Waals surface area contributed by atoms with Gasteiger partial charge in [-0.3, -0.25) is 9.25 Å². The number of nitrogens with one attached hydrogen (secondary N) is 1. The van der Waals surface area contributed by atoms with Crippen molar-refractivity contribution in [3.63, 3.8) is 0 Å². The highest BCUT2D eigenvalue weighted by molar-refractivity contribution is 7.91. The van der Waals surface area contributed by atoms with Gasteiger partial charge >= 0.3 is 0 Å². The molecule has 1 unspecified atom stereocenters. The zero-order valence-corrected chi connectivity index (χ0v) is 11.8. The van der Waals surface area contributed by atoms with E-state index in [9.17, 15) is 8.42 Å². The first-order valence-corrected chi connectivity index (χ1v) is 7.96. The molecule has 2 aromatic heterocycles. The molecule has 1 aliphatic heterocycles. The Balaban J connectivity index is 2.24. The summed E-state index contributed by atoms with van der Waals surface area (Å²) in [5, 5.41) is 4.33. The lowest BCUT2D eigenvalue weighted by atomic mass is 10.2. The Morgan fingerprint density at radius 2 is 2.22 bits per heavy atom. The van der Waals surface area contributed by atoms with Crippen LogP contribution in [-0.4, -0.2) is 39.3 Å². The molecular formula is C10H14N4O2S2. The third kappa shape index (κ3) is 1.63. The fourth-order valence-corrected chi connectivity index (χ4v) is 4.69. The molecule has 18 heavy (non-hydrogen) atoms. The van der Waals surface area contributed by atoms with Crippen LogP contribution in [0.4, 0.5) is 0 Å². The summed E-state index contributed by atoms with van der Waals surface area (Å²) < 4.78 is 27.4. The van der Waals surface area contributed by atoms with Gasteiger partial charge in [-0.15, -0.1) is 0 Å². The van der Waals surface area contributed by atoms with Crippen molar-refractivity contribution < 1.29 is 8.42 Å². The summed E-state index contributed by atoms with van der Waals surface area (Å²) >= 11 is 5.31. The van der Waals surface area contributed by atoms with Crippen LogP contribution in [0.3, 0.4) is 0 Å². The fraction of sp³-hybridized carbons (Fsp3) is 0.600. The van der Waals surface area contributed by atoms with Crippen molar-refractivity contribution in [3.05, 3.63) is 10.5 Å². The van der Waals surface area contributed by atoms with Crippen LogP contribution in [-0.2, 0) is 16.9 Å². The van der Waals surface area contributed by atoms with Crippen LogP contribution in [0.15, 0.2) is 0 Å². The maximum atomic E-state index is 11.6. The summed E-state index contributed by atoms with van der Waals surface area (Å²) in [5.74, 6) is 0.404. The van der Waals surface area contributed by atoms with Gasteiger partial charge in [0.15, 0.2) is 20.3 Å². The number of hydrogen-bond acceptors (Lipinski definition) is 4. The topological polar surface area (TPSA) is 72.7 Å². The standard InChI is InChI=1S/C10H14N4O2S2/c1-6-8-9(13(2)12-6)14(10(17)11-8)7-3-4-18(15,16)5-7/h7H,3-5H2,1-2H3,(H,11,17). The average Bonchev–Trinajstić information content (AvgIpc) is 2.85. The first-order chi connectivity index (χ1) is 8.39. The minimum atomic E-state index is -2.92. The molecular weight excluding hydrogens is 272 g/mol. The number of rotatable bonds is 1. The third-order valence-electron chi connectivity index (χ3n) is 3.44. The van der Waals surface area contributed by atoms with Crippen molar-refractivity contribution in [1.29, 1.82) is 0 Å². The molecule has 98 valence electrons. The van der Waals surface area contributed by atoms with Crippen molar-refractivity contribution in [3.8, 4) is 0 Å². The smallest absolute Gasteiger partial charge is 0.179 e. The number of nitrogens with zero attached hydrogens (tertiary/aromatic N) is 3. The Kier molecular flexibility index (Phi) is 2.43. The first-order valence-electron chi connectivity index (χ1n) is 5.73. The van der Waals surface area contributed by atoms with Crippen LogP contribution in [0.2, 0.25) is 0 Å². The van der Waals surface area contributed by atoms with Gasteiger partial charge < -0.3 is 4.98 Å². The number of aryl methyl sites for hydroxylation is 2. The van der Waals surface area contributed by atoms with E-state index in [4.69, 9.17) is 12.2 Å². The second-order valence-corrected chi connectivity index (χ2v) is 7.38. The molecule has 6 nitrogen and oxygen atoms in total. The molecule has 0 radical (unpaired) electrons. The van der Waals surface area contributed by atoms with Crippen molar-refractivity contribution in [1.82, 2.24) is 19.3 Å². The summed E-state index contributed by atoms with van der Waals surface area (Å²) in [6, 6.07) is -0.0777. The van der Waals surface area contributed by atoms with Crippen LogP contribution in [0, 0.1) is 11.7 Å². The van der Waals surface area contributed by atoms with Crippen molar-refractivity contribution in [2.24, 2.45) is 7.05 Å². The van der Waals surface area contributed by atoms with Gasteiger partial charge in [0.05, 0.1) is 23.2 Å². The number of imidazole rings is 1. The molecule has 1 fully saturated rings. The normalized spacial score (nSPS) is 22.9. The molecule has 0 aliphatic carbocycles. The molecule has 1 saturated heterocycles. The van der Waals surface area contributed by atoms with Crippen LogP contribution < -0.4 is 0 Å². The molecule has 0 spiro atoms. The average molecular weight is 286 g/mol. The Morgan fingerprint density at radius 1 is 1.50 bits per heavy atom. The molecule has 0 bridgehead atoms. The van der Waals surface area contributed by atoms with Crippen LogP contribution >= 0.6 is 12.2 Å². The van der Waals surface area contributed by atoms with Gasteiger partial charge in [0, 0.05) is 7.05 Å². The van der Waals surface area contributed by atoms with Crippen LogP contribution in [0.25, 0.3) is 11.2 Å². The van der Waals surface area contributed by atoms with E-state index in [0.717, 1.165) is 16.9 Å². The van der Waals surface area contributed by atoms with Gasteiger partial charge in [-0.1, -0.05) is 0 Å². The number of H-pyrrole nitrogens is 1. The molecule has 2 aromatic rings. The fourth-order valence-electron chi connectivity index (χ4n) is 2.65. The highest BCUT2D eigenvalue weighted by atomic mass is 32.2. The Hall–Kier alpha value is -1.15. The van der Waals surface area contributed by atoms with Crippen LogP contribution in [0.1, 0.15) is 18.2 Å². The van der Waals surface area contributed by atoms with E-state index in [1.54, 1.807) is 4.68 Å². The van der Waals surface area contributed by atoms with E-state index >= 15 is 0 Å². The first kappa shape index (κ1) is 11.9. The van der Waals surface area contributed by atoms with E-state index in [1.807, 2.05) is 18.5 Å². The molecule has 0 saturated carbocycles. The molecule has 3 rings (SSSR count). The minimum absolute atomic E-state index is 0.0777. The lowest BCUT2D eigenvalue weighted by molar-refractivity contribution is 0.549. The zero-order chi connectivity index (χ0) is 13.1. The largest absolute Gasteiger partial charge is 0.328 e. The third-order valence-corrected chi connectivity index (χ3v) is 5.49. The molecule has 1 aliphatic rings. The number of hydrogen-bond donors (Lipinski definition) is 1. The maximum absolute atomic E-state index is 11.6. The van der Waals surface area contributed by atoms with Gasteiger partial charge in [-0.2, -0.15) is 5.10 Å². The molecule has 1 atom stereocenters. The van der Waals surface area contributed by atoms with E-state index in [1.165, 1.54) is 0 Å². The molecule has 3 heterocycles. The summed E-state index contributed by atoms with van der Waals surface area (Å²) in [6.07, 6.45) is 0.619. The zero-order valence-electron chi connectivity index (χ0n) is 10.2. The Morgan fingerprint density at radius 3 is 2.83 bits per heavy atom. The molecule has 0 aromatic carbocycles. The lowest BCUT2D eigenvalue weighted by Gasteiger charge is -2.11. The van der Waals surface area contributed by atoms with E-state index in [-0.39, 0.29) is 17.5 Å². The van der Waals surface area contributed by atoms with E-state index in [2.05, 4.69) is 10.1 Å². The summed E-state index contributed by atoms with van der Waals surface area (Å²) in [4.78, 5) is 3.12. The van der Waals surface area contributed by atoms with Crippen molar-refractivity contribution >= 4 is 33.2 Å². The Bertz CT molecular complexity index is 781. The second kappa shape index (κ2) is 3.67. The lowest BCUT2D eigenvalue weighted by Crippen LogP contribution is -2.13. The predicted molar refractivity (Wildman–Crippen MR) is 70.9 cm³/mol. The monoisotopic (exact) mass is 286 g/mol. The van der Waals surface area contributed by atoms with Gasteiger partial charge in [0.25, 0.3) is 0 Å². The van der Waals surface area contributed by atoms with Crippen molar-refractivity contribution in [2.75, 3.05) is 11.5 Å². The summed E-state index contributed by atoms with van der Waals surface area (Å²) in [5.41, 5.74) is 2.64. The highest BCUT2D eigenvalue weighted by Crippen LogP contribution is 2.28. The molecule has 0 amide bonds. The Labute approximate surface area is 110 Å². The summed E-state index contributed by atoms with van der Waals surface area (Å²) in [6.45, 7) is 1.91. The predicted octanol–water partition coefficient (Wildman–Crippen LogP) is 1.10. The maximum Gasteiger partial charge on any atom is 0.179 e. The number of fused-ring (bicyclic) bond motifs is 1. The van der Waals surface area contributed by atoms with Gasteiger partial charge in [-0.05, 0) is 25.6 Å². The van der Waals surface area contributed by atoms with Crippen molar-refractivity contribution in [2.45, 2.75) is 19.4 Å². The van der Waals surface area contributed by atoms with Gasteiger partial charge in [0.1, 0.15) is 5.52 Å². The summed E-state index contributed by atoms with van der Waals surface area (Å²) in [7, 11) is -1.08. The highest BCUT2D eigenvalue weighted by Gasteiger charge is 2.31. The van der Waals surface area contributed by atoms with E-state index in [0.29, 0.717) is 11.2 Å². The van der Waals surface area contributed by atoms with Gasteiger partial charge in [0.2, 0.25) is 0 Å². The number of aromatic nitrogens is 4.